The maximum atomic E-state index is 12.6. The molecule has 0 amide bonds. The summed E-state index contributed by atoms with van der Waals surface area (Å²) < 4.78 is 33.9. The van der Waals surface area contributed by atoms with Crippen LogP contribution in [0.5, 0.6) is 5.19 Å². The van der Waals surface area contributed by atoms with Crippen LogP contribution in [0.4, 0.5) is 5.95 Å². The van der Waals surface area contributed by atoms with E-state index in [-0.39, 0.29) is 18.4 Å². The number of hydrogen-bond donors (Lipinski definition) is 1. The molecule has 214 valence electrons. The minimum absolute atomic E-state index is 0.0912. The SMILES string of the molecule is CCCc1cnc(N2CCC(Oc3nc4ccc(C5=CCN(S(=O)(=O)CC(C)C(=O)O)CC5)cc4s3)CC2)nc1. The van der Waals surface area contributed by atoms with E-state index in [1.54, 1.807) is 0 Å². The predicted octanol–water partition coefficient (Wildman–Crippen LogP) is 4.23. The van der Waals surface area contributed by atoms with Gasteiger partial charge in [0, 0.05) is 51.4 Å². The third kappa shape index (κ3) is 6.61. The molecule has 40 heavy (non-hydrogen) atoms. The van der Waals surface area contributed by atoms with Crippen molar-refractivity contribution in [2.75, 3.05) is 36.8 Å². The van der Waals surface area contributed by atoms with Gasteiger partial charge in [-0.3, -0.25) is 4.79 Å². The van der Waals surface area contributed by atoms with E-state index in [0.29, 0.717) is 18.2 Å². The minimum Gasteiger partial charge on any atom is -0.481 e. The second-order valence-electron chi connectivity index (χ2n) is 10.5. The second-order valence-corrected chi connectivity index (χ2v) is 13.5. The van der Waals surface area contributed by atoms with Crippen LogP contribution in [0.3, 0.4) is 0 Å². The number of sulfonamides is 1. The van der Waals surface area contributed by atoms with Crippen LogP contribution in [-0.4, -0.2) is 76.8 Å². The fraction of sp³-hybridized carbons (Fsp3) is 0.500. The van der Waals surface area contributed by atoms with Gasteiger partial charge in [0.05, 0.1) is 21.9 Å². The van der Waals surface area contributed by atoms with E-state index in [1.807, 2.05) is 30.6 Å². The molecule has 0 spiro atoms. The first kappa shape index (κ1) is 28.4. The van der Waals surface area contributed by atoms with Gasteiger partial charge in [-0.2, -0.15) is 4.31 Å². The van der Waals surface area contributed by atoms with Crippen LogP contribution in [0.25, 0.3) is 15.8 Å². The number of rotatable bonds is 10. The van der Waals surface area contributed by atoms with Gasteiger partial charge in [0.15, 0.2) is 0 Å². The number of carboxylic acids is 1. The number of aliphatic carboxylic acids is 1. The lowest BCUT2D eigenvalue weighted by Crippen LogP contribution is -2.39. The molecule has 0 radical (unpaired) electrons. The number of hydrogen-bond acceptors (Lipinski definition) is 9. The van der Waals surface area contributed by atoms with Crippen molar-refractivity contribution >= 4 is 49.1 Å². The Morgan fingerprint density at radius 1 is 1.20 bits per heavy atom. The van der Waals surface area contributed by atoms with Crippen LogP contribution < -0.4 is 9.64 Å². The summed E-state index contributed by atoms with van der Waals surface area (Å²) in [5.74, 6) is -1.66. The number of carboxylic acid groups (broad SMARTS) is 1. The maximum Gasteiger partial charge on any atom is 0.307 e. The molecule has 0 saturated carbocycles. The Bertz CT molecular complexity index is 1480. The number of benzene rings is 1. The lowest BCUT2D eigenvalue weighted by atomic mass is 10.0. The fourth-order valence-corrected chi connectivity index (χ4v) is 7.63. The summed E-state index contributed by atoms with van der Waals surface area (Å²) >= 11 is 1.53. The van der Waals surface area contributed by atoms with E-state index in [1.165, 1.54) is 28.1 Å². The van der Waals surface area contributed by atoms with E-state index < -0.39 is 21.9 Å². The van der Waals surface area contributed by atoms with Gasteiger partial charge in [0.1, 0.15) is 6.10 Å². The Morgan fingerprint density at radius 2 is 1.95 bits per heavy atom. The highest BCUT2D eigenvalue weighted by molar-refractivity contribution is 7.89. The number of aromatic nitrogens is 3. The molecule has 2 aromatic heterocycles. The first-order valence-electron chi connectivity index (χ1n) is 13.7. The summed E-state index contributed by atoms with van der Waals surface area (Å²) in [5.41, 5.74) is 4.16. The monoisotopic (exact) mass is 585 g/mol. The van der Waals surface area contributed by atoms with Gasteiger partial charge in [-0.05, 0) is 41.7 Å². The van der Waals surface area contributed by atoms with Crippen molar-refractivity contribution in [3.63, 3.8) is 0 Å². The zero-order valence-electron chi connectivity index (χ0n) is 22.8. The zero-order valence-corrected chi connectivity index (χ0v) is 24.5. The molecule has 0 aliphatic carbocycles. The average Bonchev–Trinajstić information content (AvgIpc) is 3.35. The van der Waals surface area contributed by atoms with Crippen LogP contribution >= 0.6 is 11.3 Å². The van der Waals surface area contributed by atoms with Crippen LogP contribution in [0.2, 0.25) is 0 Å². The number of ether oxygens (including phenoxy) is 1. The molecule has 1 aromatic carbocycles. The van der Waals surface area contributed by atoms with Gasteiger partial charge < -0.3 is 14.7 Å². The molecule has 1 saturated heterocycles. The van der Waals surface area contributed by atoms with E-state index in [4.69, 9.17) is 9.84 Å². The molecule has 5 rings (SSSR count). The number of anilines is 1. The highest BCUT2D eigenvalue weighted by Gasteiger charge is 2.29. The summed E-state index contributed by atoms with van der Waals surface area (Å²) in [5, 5.41) is 9.74. The van der Waals surface area contributed by atoms with E-state index in [9.17, 15) is 13.2 Å². The molecule has 1 fully saturated rings. The summed E-state index contributed by atoms with van der Waals surface area (Å²) in [4.78, 5) is 27.1. The van der Waals surface area contributed by atoms with E-state index in [0.717, 1.165) is 66.1 Å². The predicted molar refractivity (Wildman–Crippen MR) is 156 cm³/mol. The quantitative estimate of drug-likeness (QED) is 0.372. The van der Waals surface area contributed by atoms with Crippen LogP contribution in [0.15, 0.2) is 36.7 Å². The van der Waals surface area contributed by atoms with Crippen molar-refractivity contribution in [1.82, 2.24) is 19.3 Å². The van der Waals surface area contributed by atoms with Crippen molar-refractivity contribution in [2.24, 2.45) is 5.92 Å². The lowest BCUT2D eigenvalue weighted by Gasteiger charge is -2.31. The molecule has 10 nitrogen and oxygen atoms in total. The highest BCUT2D eigenvalue weighted by Crippen LogP contribution is 2.33. The topological polar surface area (TPSA) is 126 Å². The number of aryl methyl sites for hydroxylation is 1. The number of carbonyl (C=O) groups is 1. The Kier molecular flexibility index (Phi) is 8.67. The molecule has 1 atom stereocenters. The molecule has 2 aliphatic heterocycles. The van der Waals surface area contributed by atoms with Crippen molar-refractivity contribution in [3.8, 4) is 5.19 Å². The van der Waals surface area contributed by atoms with Gasteiger partial charge >= 0.3 is 5.97 Å². The van der Waals surface area contributed by atoms with Gasteiger partial charge in [-0.25, -0.2) is 23.4 Å². The smallest absolute Gasteiger partial charge is 0.307 e. The molecule has 12 heteroatoms. The van der Waals surface area contributed by atoms with Crippen LogP contribution in [0.1, 0.15) is 50.7 Å². The van der Waals surface area contributed by atoms with Crippen molar-refractivity contribution in [3.05, 3.63) is 47.8 Å². The Hall–Kier alpha value is -3.09. The molecule has 3 aromatic rings. The molecular formula is C28H35N5O5S2. The summed E-state index contributed by atoms with van der Waals surface area (Å²) in [6, 6.07) is 6.08. The average molecular weight is 586 g/mol. The van der Waals surface area contributed by atoms with Crippen molar-refractivity contribution < 1.29 is 23.1 Å². The standard InChI is InChI=1S/C28H35N5O5S2/c1-3-4-20-16-29-27(30-17-20)32-11-9-23(10-12-32)38-28-31-24-6-5-22(15-25(24)39-28)21-7-13-33(14-8-21)40(36,37)18-19(2)26(34)35/h5-7,15-17,19,23H,3-4,8-14,18H2,1-2H3,(H,34,35). The van der Waals surface area contributed by atoms with Gasteiger partial charge in [0.2, 0.25) is 16.0 Å². The Balaban J connectivity index is 1.18. The first-order chi connectivity index (χ1) is 19.2. The second kappa shape index (κ2) is 12.2. The van der Waals surface area contributed by atoms with Crippen LogP contribution in [-0.2, 0) is 21.2 Å². The Labute approximate surface area is 238 Å². The number of fused-ring (bicyclic) bond motifs is 1. The summed E-state index contributed by atoms with van der Waals surface area (Å²) in [6.07, 6.45) is 10.3. The third-order valence-corrected chi connectivity index (χ3v) is 10.4. The van der Waals surface area contributed by atoms with Crippen molar-refractivity contribution in [2.45, 2.75) is 52.1 Å². The van der Waals surface area contributed by atoms with E-state index >= 15 is 0 Å². The van der Waals surface area contributed by atoms with Crippen molar-refractivity contribution in [1.29, 1.82) is 0 Å². The normalized spacial score (nSPS) is 18.1. The van der Waals surface area contributed by atoms with E-state index in [2.05, 4.69) is 32.8 Å². The Morgan fingerprint density at radius 3 is 2.60 bits per heavy atom. The molecule has 0 bridgehead atoms. The summed E-state index contributed by atoms with van der Waals surface area (Å²) in [6.45, 7) is 5.81. The first-order valence-corrected chi connectivity index (χ1v) is 16.2. The maximum absolute atomic E-state index is 12.6. The molecular weight excluding hydrogens is 550 g/mol. The highest BCUT2D eigenvalue weighted by atomic mass is 32.2. The minimum atomic E-state index is -3.63. The van der Waals surface area contributed by atoms with Crippen LogP contribution in [0, 0.1) is 5.92 Å². The molecule has 4 heterocycles. The number of nitrogens with zero attached hydrogens (tertiary/aromatic N) is 5. The zero-order chi connectivity index (χ0) is 28.3. The van der Waals surface area contributed by atoms with Gasteiger partial charge in [-0.15, -0.1) is 0 Å². The molecule has 1 N–H and O–H groups in total. The molecule has 1 unspecified atom stereocenters. The number of piperidine rings is 1. The van der Waals surface area contributed by atoms with Gasteiger partial charge in [0.25, 0.3) is 5.19 Å². The lowest BCUT2D eigenvalue weighted by molar-refractivity contribution is -0.140. The largest absolute Gasteiger partial charge is 0.481 e. The third-order valence-electron chi connectivity index (χ3n) is 7.41. The summed E-state index contributed by atoms with van der Waals surface area (Å²) in [7, 11) is -3.63. The van der Waals surface area contributed by atoms with Gasteiger partial charge in [-0.1, -0.05) is 43.7 Å². The fourth-order valence-electron chi connectivity index (χ4n) is 5.06. The number of thiazole rings is 1. The molecule has 2 aliphatic rings.